The lowest BCUT2D eigenvalue weighted by molar-refractivity contribution is -0.132. The van der Waals surface area contributed by atoms with Crippen LogP contribution in [0.2, 0.25) is 0 Å². The summed E-state index contributed by atoms with van der Waals surface area (Å²) in [7, 11) is 4.07. The highest BCUT2D eigenvalue weighted by atomic mass is 16.2. The molecule has 4 heteroatoms. The molecule has 0 heterocycles. The van der Waals surface area contributed by atoms with E-state index in [4.69, 9.17) is 0 Å². The molecule has 0 saturated heterocycles. The second kappa shape index (κ2) is 8.48. The van der Waals surface area contributed by atoms with E-state index in [0.717, 1.165) is 19.5 Å². The van der Waals surface area contributed by atoms with E-state index in [0.29, 0.717) is 12.6 Å². The average molecular weight is 243 g/mol. The van der Waals surface area contributed by atoms with Crippen molar-refractivity contribution in [3.8, 4) is 0 Å². The van der Waals surface area contributed by atoms with Crippen molar-refractivity contribution in [2.24, 2.45) is 0 Å². The SMILES string of the molecule is CCC(C)NCC(=O)N(CC)C(C)CN(C)C. The largest absolute Gasteiger partial charge is 0.338 e. The minimum Gasteiger partial charge on any atom is -0.338 e. The van der Waals surface area contributed by atoms with Gasteiger partial charge in [0.25, 0.3) is 0 Å². The van der Waals surface area contributed by atoms with Gasteiger partial charge in [0.15, 0.2) is 0 Å². The molecule has 4 nitrogen and oxygen atoms in total. The summed E-state index contributed by atoms with van der Waals surface area (Å²) in [6.45, 7) is 10.5. The summed E-state index contributed by atoms with van der Waals surface area (Å²) < 4.78 is 0. The lowest BCUT2D eigenvalue weighted by Crippen LogP contribution is -2.48. The Kier molecular flexibility index (Phi) is 8.17. The molecule has 0 aliphatic rings. The molecule has 0 aromatic carbocycles. The van der Waals surface area contributed by atoms with Crippen molar-refractivity contribution in [1.82, 2.24) is 15.1 Å². The van der Waals surface area contributed by atoms with Gasteiger partial charge in [-0.25, -0.2) is 0 Å². The predicted octanol–water partition coefficient (Wildman–Crippen LogP) is 1.17. The molecule has 1 amide bonds. The van der Waals surface area contributed by atoms with Crippen molar-refractivity contribution in [2.75, 3.05) is 33.7 Å². The van der Waals surface area contributed by atoms with Crippen molar-refractivity contribution in [2.45, 2.75) is 46.2 Å². The van der Waals surface area contributed by atoms with Gasteiger partial charge >= 0.3 is 0 Å². The zero-order valence-electron chi connectivity index (χ0n) is 12.3. The van der Waals surface area contributed by atoms with E-state index in [1.165, 1.54) is 0 Å². The van der Waals surface area contributed by atoms with Crippen LogP contribution in [-0.4, -0.2) is 61.5 Å². The van der Waals surface area contributed by atoms with Crippen LogP contribution >= 0.6 is 0 Å². The summed E-state index contributed by atoms with van der Waals surface area (Å²) in [5.41, 5.74) is 0. The maximum atomic E-state index is 12.1. The van der Waals surface area contributed by atoms with Crippen molar-refractivity contribution in [3.05, 3.63) is 0 Å². The Hall–Kier alpha value is -0.610. The Morgan fingerprint density at radius 1 is 1.24 bits per heavy atom. The van der Waals surface area contributed by atoms with Gasteiger partial charge in [-0.1, -0.05) is 6.92 Å². The third-order valence-electron chi connectivity index (χ3n) is 3.04. The zero-order valence-corrected chi connectivity index (χ0v) is 12.3. The summed E-state index contributed by atoms with van der Waals surface area (Å²) in [4.78, 5) is 16.1. The number of carbonyl (C=O) groups excluding carboxylic acids is 1. The number of nitrogens with zero attached hydrogens (tertiary/aromatic N) is 2. The average Bonchev–Trinajstić information content (AvgIpc) is 2.25. The second-order valence-electron chi connectivity index (χ2n) is 4.98. The molecule has 102 valence electrons. The second-order valence-corrected chi connectivity index (χ2v) is 4.98. The van der Waals surface area contributed by atoms with Crippen LogP contribution < -0.4 is 5.32 Å². The molecule has 2 unspecified atom stereocenters. The van der Waals surface area contributed by atoms with E-state index < -0.39 is 0 Å². The summed E-state index contributed by atoms with van der Waals surface area (Å²) in [6, 6.07) is 0.669. The van der Waals surface area contributed by atoms with Gasteiger partial charge in [-0.3, -0.25) is 4.79 Å². The van der Waals surface area contributed by atoms with Crippen LogP contribution in [0.25, 0.3) is 0 Å². The summed E-state index contributed by atoms with van der Waals surface area (Å²) >= 11 is 0. The number of nitrogens with one attached hydrogen (secondary N) is 1. The number of likely N-dealkylation sites (N-methyl/N-ethyl adjacent to an activating group) is 2. The van der Waals surface area contributed by atoms with Crippen LogP contribution in [0.4, 0.5) is 0 Å². The minimum atomic E-state index is 0.196. The first kappa shape index (κ1) is 16.4. The molecule has 2 atom stereocenters. The highest BCUT2D eigenvalue weighted by Gasteiger charge is 2.18. The first-order valence-electron chi connectivity index (χ1n) is 6.59. The normalized spacial score (nSPS) is 14.8. The molecule has 0 fully saturated rings. The van der Waals surface area contributed by atoms with Gasteiger partial charge < -0.3 is 15.1 Å². The molecule has 0 rings (SSSR count). The molecular formula is C13H29N3O. The van der Waals surface area contributed by atoms with E-state index in [9.17, 15) is 4.79 Å². The Morgan fingerprint density at radius 2 is 1.82 bits per heavy atom. The van der Waals surface area contributed by atoms with Crippen molar-refractivity contribution >= 4 is 5.91 Å². The summed E-state index contributed by atoms with van der Waals surface area (Å²) in [6.07, 6.45) is 1.05. The van der Waals surface area contributed by atoms with Crippen LogP contribution in [0.15, 0.2) is 0 Å². The smallest absolute Gasteiger partial charge is 0.236 e. The van der Waals surface area contributed by atoms with Gasteiger partial charge in [0.2, 0.25) is 5.91 Å². The first-order chi connectivity index (χ1) is 7.92. The molecule has 0 aliphatic heterocycles. The Bertz CT molecular complexity index is 219. The van der Waals surface area contributed by atoms with Gasteiger partial charge in [-0.2, -0.15) is 0 Å². The fourth-order valence-electron chi connectivity index (χ4n) is 1.87. The highest BCUT2D eigenvalue weighted by molar-refractivity contribution is 5.78. The third-order valence-corrected chi connectivity index (χ3v) is 3.04. The standard InChI is InChI=1S/C13H29N3O/c1-7-11(3)14-9-13(17)16(8-2)12(4)10-15(5)6/h11-12,14H,7-10H2,1-6H3. The highest BCUT2D eigenvalue weighted by Crippen LogP contribution is 2.01. The minimum absolute atomic E-state index is 0.196. The monoisotopic (exact) mass is 243 g/mol. The fourth-order valence-corrected chi connectivity index (χ4v) is 1.87. The predicted molar refractivity (Wildman–Crippen MR) is 73.2 cm³/mol. The van der Waals surface area contributed by atoms with Gasteiger partial charge in [0.05, 0.1) is 6.54 Å². The molecular weight excluding hydrogens is 214 g/mol. The van der Waals surface area contributed by atoms with E-state index in [1.54, 1.807) is 0 Å². The topological polar surface area (TPSA) is 35.6 Å². The van der Waals surface area contributed by atoms with Crippen molar-refractivity contribution in [1.29, 1.82) is 0 Å². The zero-order chi connectivity index (χ0) is 13.4. The Morgan fingerprint density at radius 3 is 2.24 bits per heavy atom. The number of amides is 1. The molecule has 0 radical (unpaired) electrons. The molecule has 0 aromatic rings. The molecule has 0 aliphatic carbocycles. The Labute approximate surface area is 106 Å². The van der Waals surface area contributed by atoms with Crippen LogP contribution in [0.1, 0.15) is 34.1 Å². The molecule has 17 heavy (non-hydrogen) atoms. The van der Waals surface area contributed by atoms with Gasteiger partial charge in [0.1, 0.15) is 0 Å². The van der Waals surface area contributed by atoms with Crippen molar-refractivity contribution < 1.29 is 4.79 Å². The van der Waals surface area contributed by atoms with Gasteiger partial charge in [-0.15, -0.1) is 0 Å². The summed E-state index contributed by atoms with van der Waals surface area (Å²) in [5.74, 6) is 0.196. The molecule has 0 saturated carbocycles. The number of carbonyl (C=O) groups is 1. The van der Waals surface area contributed by atoms with Gasteiger partial charge in [-0.05, 0) is 41.3 Å². The first-order valence-corrected chi connectivity index (χ1v) is 6.59. The number of rotatable bonds is 8. The maximum Gasteiger partial charge on any atom is 0.236 e. The van der Waals surface area contributed by atoms with Crippen LogP contribution in [0.5, 0.6) is 0 Å². The fraction of sp³-hybridized carbons (Fsp3) is 0.923. The number of hydrogen-bond acceptors (Lipinski definition) is 3. The molecule has 0 spiro atoms. The quantitative estimate of drug-likeness (QED) is 0.695. The molecule has 1 N–H and O–H groups in total. The van der Waals surface area contributed by atoms with Gasteiger partial charge in [0, 0.05) is 25.2 Å². The van der Waals surface area contributed by atoms with E-state index >= 15 is 0 Å². The van der Waals surface area contributed by atoms with E-state index in [2.05, 4.69) is 31.0 Å². The van der Waals surface area contributed by atoms with Crippen LogP contribution in [0.3, 0.4) is 0 Å². The molecule has 0 bridgehead atoms. The molecule has 0 aromatic heterocycles. The Balaban J connectivity index is 4.20. The van der Waals surface area contributed by atoms with Crippen LogP contribution in [0, 0.1) is 0 Å². The van der Waals surface area contributed by atoms with E-state index in [1.807, 2.05) is 25.9 Å². The lowest BCUT2D eigenvalue weighted by Gasteiger charge is -2.30. The lowest BCUT2D eigenvalue weighted by atomic mass is 10.2. The summed E-state index contributed by atoms with van der Waals surface area (Å²) in [5, 5.41) is 3.25. The maximum absolute atomic E-state index is 12.1. The number of hydrogen-bond donors (Lipinski definition) is 1. The van der Waals surface area contributed by atoms with Crippen molar-refractivity contribution in [3.63, 3.8) is 0 Å². The van der Waals surface area contributed by atoms with E-state index in [-0.39, 0.29) is 11.9 Å². The third kappa shape index (κ3) is 6.64. The van der Waals surface area contributed by atoms with Crippen LogP contribution in [-0.2, 0) is 4.79 Å².